The van der Waals surface area contributed by atoms with Gasteiger partial charge < -0.3 is 4.57 Å². The van der Waals surface area contributed by atoms with Crippen molar-refractivity contribution in [3.63, 3.8) is 0 Å². The van der Waals surface area contributed by atoms with Gasteiger partial charge in [-0.1, -0.05) is 56.3 Å². The predicted octanol–water partition coefficient (Wildman–Crippen LogP) is 5.53. The number of rotatable bonds is 9. The van der Waals surface area contributed by atoms with Crippen molar-refractivity contribution < 1.29 is 9.59 Å². The van der Waals surface area contributed by atoms with Gasteiger partial charge in [-0.25, -0.2) is 0 Å². The van der Waals surface area contributed by atoms with E-state index in [0.717, 1.165) is 48.8 Å². The Balaban J connectivity index is 1.36. The van der Waals surface area contributed by atoms with E-state index in [-0.39, 0.29) is 17.5 Å². The monoisotopic (exact) mass is 455 g/mol. The molecule has 1 aromatic heterocycles. The van der Waals surface area contributed by atoms with Crippen LogP contribution in [0.4, 0.5) is 0 Å². The summed E-state index contributed by atoms with van der Waals surface area (Å²) in [5.74, 6) is 0.943. The molecule has 2 aromatic carbocycles. The fourth-order valence-corrected chi connectivity index (χ4v) is 4.98. The minimum atomic E-state index is 0.0233. The van der Waals surface area contributed by atoms with Crippen LogP contribution in [0.5, 0.6) is 0 Å². The van der Waals surface area contributed by atoms with Gasteiger partial charge in [0.25, 0.3) is 0 Å². The van der Waals surface area contributed by atoms with Crippen LogP contribution in [-0.2, 0) is 13.0 Å². The van der Waals surface area contributed by atoms with Crippen LogP contribution < -0.4 is 0 Å². The maximum absolute atomic E-state index is 13.2. The summed E-state index contributed by atoms with van der Waals surface area (Å²) in [7, 11) is 0. The number of carbonyl (C=O) groups excluding carboxylic acids is 2. The van der Waals surface area contributed by atoms with Crippen LogP contribution in [0.3, 0.4) is 0 Å². The Labute approximate surface area is 202 Å². The SMILES string of the molecule is CC(C)Cc1ccc(C(=O)C2CCN(CC(=O)c3cn(CCC#N)c4ccccc34)CC2)cc1. The molecule has 1 fully saturated rings. The molecule has 4 rings (SSSR count). The fraction of sp³-hybridized carbons (Fsp3) is 0.414. The lowest BCUT2D eigenvalue weighted by Crippen LogP contribution is -2.39. The molecule has 176 valence electrons. The molecule has 0 amide bonds. The van der Waals surface area contributed by atoms with Gasteiger partial charge in [0.2, 0.25) is 0 Å². The molecule has 0 atom stereocenters. The number of aryl methyl sites for hydroxylation is 1. The van der Waals surface area contributed by atoms with Crippen molar-refractivity contribution in [2.45, 2.75) is 46.1 Å². The first-order chi connectivity index (χ1) is 16.5. The molecular weight excluding hydrogens is 422 g/mol. The molecule has 0 unspecified atom stereocenters. The highest BCUT2D eigenvalue weighted by Crippen LogP contribution is 2.25. The summed E-state index contributed by atoms with van der Waals surface area (Å²) in [4.78, 5) is 28.3. The summed E-state index contributed by atoms with van der Waals surface area (Å²) < 4.78 is 2.00. The van der Waals surface area contributed by atoms with Gasteiger partial charge in [0, 0.05) is 40.7 Å². The third-order valence-corrected chi connectivity index (χ3v) is 6.76. The first-order valence-electron chi connectivity index (χ1n) is 12.3. The molecule has 0 bridgehead atoms. The van der Waals surface area contributed by atoms with Gasteiger partial charge in [-0.3, -0.25) is 14.5 Å². The van der Waals surface area contributed by atoms with Gasteiger partial charge in [-0.15, -0.1) is 0 Å². The molecular formula is C29H33N3O2. The molecule has 5 nitrogen and oxygen atoms in total. The van der Waals surface area contributed by atoms with E-state index in [0.29, 0.717) is 31.0 Å². The Bertz CT molecular complexity index is 1190. The van der Waals surface area contributed by atoms with Gasteiger partial charge in [0.15, 0.2) is 11.6 Å². The van der Waals surface area contributed by atoms with Crippen LogP contribution in [0, 0.1) is 23.2 Å². The highest BCUT2D eigenvalue weighted by atomic mass is 16.1. The Morgan fingerprint density at radius 3 is 2.44 bits per heavy atom. The van der Waals surface area contributed by atoms with Crippen molar-refractivity contribution in [2.24, 2.45) is 11.8 Å². The van der Waals surface area contributed by atoms with Crippen LogP contribution in [-0.4, -0.2) is 40.7 Å². The summed E-state index contributed by atoms with van der Waals surface area (Å²) in [5, 5.41) is 9.89. The van der Waals surface area contributed by atoms with Crippen molar-refractivity contribution >= 4 is 22.5 Å². The predicted molar refractivity (Wildman–Crippen MR) is 135 cm³/mol. The van der Waals surface area contributed by atoms with E-state index < -0.39 is 0 Å². The fourth-order valence-electron chi connectivity index (χ4n) is 4.98. The largest absolute Gasteiger partial charge is 0.346 e. The van der Waals surface area contributed by atoms with E-state index in [9.17, 15) is 9.59 Å². The van der Waals surface area contributed by atoms with E-state index in [2.05, 4.69) is 36.9 Å². The maximum atomic E-state index is 13.2. The van der Waals surface area contributed by atoms with Crippen LogP contribution in [0.25, 0.3) is 10.9 Å². The Morgan fingerprint density at radius 1 is 1.06 bits per heavy atom. The molecule has 2 heterocycles. The smallest absolute Gasteiger partial charge is 0.178 e. The second-order valence-corrected chi connectivity index (χ2v) is 9.79. The van der Waals surface area contributed by atoms with Crippen LogP contribution in [0.15, 0.2) is 54.7 Å². The molecule has 1 aliphatic heterocycles. The van der Waals surface area contributed by atoms with E-state index in [1.54, 1.807) is 0 Å². The highest BCUT2D eigenvalue weighted by molar-refractivity contribution is 6.09. The van der Waals surface area contributed by atoms with Crippen molar-refractivity contribution in [3.8, 4) is 6.07 Å². The molecule has 5 heteroatoms. The number of piperidine rings is 1. The van der Waals surface area contributed by atoms with Gasteiger partial charge in [0.1, 0.15) is 0 Å². The summed E-state index contributed by atoms with van der Waals surface area (Å²) in [5.41, 5.74) is 3.78. The minimum Gasteiger partial charge on any atom is -0.346 e. The molecule has 3 aromatic rings. The Kier molecular flexibility index (Phi) is 7.59. The van der Waals surface area contributed by atoms with Crippen LogP contribution in [0.2, 0.25) is 0 Å². The highest BCUT2D eigenvalue weighted by Gasteiger charge is 2.27. The summed E-state index contributed by atoms with van der Waals surface area (Å²) in [6.07, 6.45) is 4.89. The third-order valence-electron chi connectivity index (χ3n) is 6.76. The van der Waals surface area contributed by atoms with Crippen LogP contribution in [0.1, 0.15) is 59.4 Å². The van der Waals surface area contributed by atoms with Crippen molar-refractivity contribution in [3.05, 3.63) is 71.4 Å². The number of ketones is 2. The summed E-state index contributed by atoms with van der Waals surface area (Å²) >= 11 is 0. The molecule has 1 aliphatic rings. The molecule has 0 spiro atoms. The number of nitriles is 1. The molecule has 0 N–H and O–H groups in total. The number of para-hydroxylation sites is 1. The molecule has 1 saturated heterocycles. The van der Waals surface area contributed by atoms with Gasteiger partial charge >= 0.3 is 0 Å². The number of carbonyl (C=O) groups is 2. The van der Waals surface area contributed by atoms with Crippen molar-refractivity contribution in [2.75, 3.05) is 19.6 Å². The zero-order chi connectivity index (χ0) is 24.1. The second-order valence-electron chi connectivity index (χ2n) is 9.79. The lowest BCUT2D eigenvalue weighted by atomic mass is 9.88. The lowest BCUT2D eigenvalue weighted by molar-refractivity contribution is 0.0806. The Hall–Kier alpha value is -3.23. The van der Waals surface area contributed by atoms with E-state index >= 15 is 0 Å². The second kappa shape index (κ2) is 10.8. The van der Waals surface area contributed by atoms with E-state index in [1.807, 2.05) is 47.2 Å². The molecule has 0 saturated carbocycles. The van der Waals surface area contributed by atoms with Gasteiger partial charge in [-0.2, -0.15) is 5.26 Å². The number of hydrogen-bond donors (Lipinski definition) is 0. The maximum Gasteiger partial charge on any atom is 0.178 e. The topological polar surface area (TPSA) is 66.1 Å². The number of nitrogens with zero attached hydrogens (tertiary/aromatic N) is 3. The average molecular weight is 456 g/mol. The van der Waals surface area contributed by atoms with Crippen LogP contribution >= 0.6 is 0 Å². The standard InChI is InChI=1S/C29H33N3O2/c1-21(2)18-22-8-10-23(11-9-22)29(34)24-12-16-31(17-13-24)20-28(33)26-19-32(15-5-14-30)27-7-4-3-6-25(26)27/h3-4,6-11,19,21,24H,5,12-13,15-18,20H2,1-2H3. The number of hydrogen-bond acceptors (Lipinski definition) is 4. The number of likely N-dealkylation sites (tertiary alicyclic amines) is 1. The first-order valence-corrected chi connectivity index (χ1v) is 12.3. The molecule has 34 heavy (non-hydrogen) atoms. The normalized spacial score (nSPS) is 15.0. The Morgan fingerprint density at radius 2 is 1.76 bits per heavy atom. The zero-order valence-electron chi connectivity index (χ0n) is 20.2. The zero-order valence-corrected chi connectivity index (χ0v) is 20.2. The van der Waals surface area contributed by atoms with Gasteiger partial charge in [0.05, 0.1) is 19.0 Å². The number of Topliss-reactive ketones (excluding diaryl/α,β-unsaturated/α-hetero) is 2. The third kappa shape index (κ3) is 5.46. The van der Waals surface area contributed by atoms with Crippen molar-refractivity contribution in [1.29, 1.82) is 5.26 Å². The van der Waals surface area contributed by atoms with Gasteiger partial charge in [-0.05, 0) is 49.9 Å². The summed E-state index contributed by atoms with van der Waals surface area (Å²) in [6, 6.07) is 18.1. The van der Waals surface area contributed by atoms with E-state index in [1.165, 1.54) is 5.56 Å². The lowest BCUT2D eigenvalue weighted by Gasteiger charge is -2.30. The van der Waals surface area contributed by atoms with E-state index in [4.69, 9.17) is 5.26 Å². The first kappa shape index (κ1) is 23.9. The molecule has 0 radical (unpaired) electrons. The molecule has 0 aliphatic carbocycles. The quantitative estimate of drug-likeness (QED) is 0.398. The van der Waals surface area contributed by atoms with Crippen molar-refractivity contribution in [1.82, 2.24) is 9.47 Å². The summed E-state index contributed by atoms with van der Waals surface area (Å²) in [6.45, 7) is 6.84. The number of benzene rings is 2. The average Bonchev–Trinajstić information content (AvgIpc) is 3.22. The number of fused-ring (bicyclic) bond motifs is 1. The number of aromatic nitrogens is 1. The minimum absolute atomic E-state index is 0.0233.